The van der Waals surface area contributed by atoms with Crippen LogP contribution in [-0.2, 0) is 9.53 Å². The summed E-state index contributed by atoms with van der Waals surface area (Å²) in [6, 6.07) is 1.10. The maximum atomic E-state index is 11.1. The highest BCUT2D eigenvalue weighted by Gasteiger charge is 2.18. The van der Waals surface area contributed by atoms with Crippen molar-refractivity contribution in [3.63, 3.8) is 0 Å². The lowest BCUT2D eigenvalue weighted by molar-refractivity contribution is -0.942. The van der Waals surface area contributed by atoms with Crippen LogP contribution in [0.1, 0.15) is 27.7 Å². The fraction of sp³-hybridized carbons (Fsp3) is 0.900. The topological polar surface area (TPSA) is 30.7 Å². The molecule has 0 saturated heterocycles. The number of quaternary nitrogens is 1. The Morgan fingerprint density at radius 1 is 1.20 bits per heavy atom. The summed E-state index contributed by atoms with van der Waals surface area (Å²) in [4.78, 5) is 12.6. The summed E-state index contributed by atoms with van der Waals surface area (Å²) in [5.74, 6) is -0.262. The number of alkyl halides is 2. The maximum Gasteiger partial charge on any atom is 0.330 e. The maximum absolute atomic E-state index is 11.1. The molecular weight excluding hydrogens is 326 g/mol. The lowest BCUT2D eigenvalue weighted by Crippen LogP contribution is -3.18. The SMILES string of the molecule is CC(C)[NH+](CCOC(=O)C(Br)Br)C(C)C. The molecule has 0 bridgehead atoms. The number of halogens is 2. The van der Waals surface area contributed by atoms with Crippen molar-refractivity contribution in [1.82, 2.24) is 0 Å². The van der Waals surface area contributed by atoms with Gasteiger partial charge in [0.2, 0.25) is 0 Å². The van der Waals surface area contributed by atoms with Crippen LogP contribution in [0.15, 0.2) is 0 Å². The minimum Gasteiger partial charge on any atom is -0.458 e. The van der Waals surface area contributed by atoms with Gasteiger partial charge in [0.05, 0.1) is 12.1 Å². The van der Waals surface area contributed by atoms with Gasteiger partial charge in [0.25, 0.3) is 0 Å². The number of hydrogen-bond acceptors (Lipinski definition) is 2. The monoisotopic (exact) mass is 344 g/mol. The Kier molecular flexibility index (Phi) is 7.83. The summed E-state index contributed by atoms with van der Waals surface area (Å²) in [5, 5.41) is 0. The van der Waals surface area contributed by atoms with Crippen LogP contribution in [0.5, 0.6) is 0 Å². The zero-order chi connectivity index (χ0) is 12.0. The molecule has 15 heavy (non-hydrogen) atoms. The van der Waals surface area contributed by atoms with E-state index in [9.17, 15) is 4.79 Å². The molecule has 0 atom stereocenters. The second-order valence-electron chi connectivity index (χ2n) is 4.10. The first-order chi connectivity index (χ1) is 6.86. The van der Waals surface area contributed by atoms with Crippen molar-refractivity contribution >= 4 is 37.8 Å². The lowest BCUT2D eigenvalue weighted by atomic mass is 10.2. The number of nitrogens with one attached hydrogen (secondary N) is 1. The number of carbonyl (C=O) groups is 1. The molecule has 0 aromatic heterocycles. The Labute approximate surface area is 109 Å². The van der Waals surface area contributed by atoms with Gasteiger partial charge in [-0.3, -0.25) is 0 Å². The molecule has 0 amide bonds. The van der Waals surface area contributed by atoms with Crippen molar-refractivity contribution in [1.29, 1.82) is 0 Å². The second kappa shape index (κ2) is 7.63. The van der Waals surface area contributed by atoms with E-state index in [1.807, 2.05) is 0 Å². The predicted octanol–water partition coefficient (Wildman–Crippen LogP) is 1.35. The van der Waals surface area contributed by atoms with Crippen molar-refractivity contribution in [2.45, 2.75) is 43.5 Å². The van der Waals surface area contributed by atoms with Gasteiger partial charge >= 0.3 is 5.97 Å². The van der Waals surface area contributed by atoms with Crippen LogP contribution in [-0.4, -0.2) is 34.9 Å². The largest absolute Gasteiger partial charge is 0.458 e. The summed E-state index contributed by atoms with van der Waals surface area (Å²) >= 11 is 6.20. The molecule has 0 spiro atoms. The highest BCUT2D eigenvalue weighted by atomic mass is 79.9. The Hall–Kier alpha value is 0.390. The van der Waals surface area contributed by atoms with Gasteiger partial charge in [-0.2, -0.15) is 0 Å². The van der Waals surface area contributed by atoms with Gasteiger partial charge in [0, 0.05) is 0 Å². The van der Waals surface area contributed by atoms with Gasteiger partial charge < -0.3 is 9.64 Å². The summed E-state index contributed by atoms with van der Waals surface area (Å²) < 4.78 is 4.68. The van der Waals surface area contributed by atoms with E-state index in [2.05, 4.69) is 59.6 Å². The van der Waals surface area contributed by atoms with Crippen molar-refractivity contribution < 1.29 is 14.4 Å². The highest BCUT2D eigenvalue weighted by molar-refractivity contribution is 9.25. The smallest absolute Gasteiger partial charge is 0.330 e. The van der Waals surface area contributed by atoms with Crippen molar-refractivity contribution in [2.75, 3.05) is 13.2 Å². The van der Waals surface area contributed by atoms with Crippen molar-refractivity contribution in [2.24, 2.45) is 0 Å². The number of carbonyl (C=O) groups excluding carboxylic acids is 1. The van der Waals surface area contributed by atoms with Crippen LogP contribution in [0, 0.1) is 0 Å². The summed E-state index contributed by atoms with van der Waals surface area (Å²) in [6.45, 7) is 10.0. The Morgan fingerprint density at radius 2 is 1.67 bits per heavy atom. The average Bonchev–Trinajstić information content (AvgIpc) is 2.10. The van der Waals surface area contributed by atoms with E-state index in [4.69, 9.17) is 4.74 Å². The summed E-state index contributed by atoms with van der Waals surface area (Å²) in [7, 11) is 0. The first-order valence-electron chi connectivity index (χ1n) is 5.16. The zero-order valence-corrected chi connectivity index (χ0v) is 12.9. The fourth-order valence-corrected chi connectivity index (χ4v) is 1.84. The molecule has 0 heterocycles. The Bertz CT molecular complexity index is 188. The number of rotatable bonds is 6. The first kappa shape index (κ1) is 15.4. The molecule has 0 aromatic rings. The molecule has 0 saturated carbocycles. The van der Waals surface area contributed by atoms with Gasteiger partial charge in [-0.15, -0.1) is 0 Å². The predicted molar refractivity (Wildman–Crippen MR) is 68.7 cm³/mol. The van der Waals surface area contributed by atoms with E-state index >= 15 is 0 Å². The van der Waals surface area contributed by atoms with E-state index in [0.29, 0.717) is 18.7 Å². The lowest BCUT2D eigenvalue weighted by Gasteiger charge is -2.27. The van der Waals surface area contributed by atoms with Crippen LogP contribution in [0.4, 0.5) is 0 Å². The Morgan fingerprint density at radius 3 is 2.00 bits per heavy atom. The van der Waals surface area contributed by atoms with E-state index in [1.54, 1.807) is 0 Å². The molecule has 0 aliphatic rings. The third-order valence-electron chi connectivity index (χ3n) is 2.30. The molecule has 0 rings (SSSR count). The van der Waals surface area contributed by atoms with E-state index < -0.39 is 3.74 Å². The molecule has 0 aliphatic carbocycles. The van der Waals surface area contributed by atoms with Crippen LogP contribution >= 0.6 is 31.9 Å². The van der Waals surface area contributed by atoms with Gasteiger partial charge in [0.15, 0.2) is 3.74 Å². The van der Waals surface area contributed by atoms with Gasteiger partial charge in [-0.1, -0.05) is 31.9 Å². The third kappa shape index (κ3) is 6.53. The second-order valence-corrected chi connectivity index (χ2v) is 7.16. The van der Waals surface area contributed by atoms with Gasteiger partial charge in [0.1, 0.15) is 13.2 Å². The fourth-order valence-electron chi connectivity index (χ4n) is 1.58. The minimum atomic E-state index is -0.397. The van der Waals surface area contributed by atoms with E-state index in [0.717, 1.165) is 6.54 Å². The third-order valence-corrected chi connectivity index (χ3v) is 3.04. The average molecular weight is 346 g/mol. The molecule has 0 fully saturated rings. The van der Waals surface area contributed by atoms with Crippen LogP contribution in [0.25, 0.3) is 0 Å². The van der Waals surface area contributed by atoms with Crippen molar-refractivity contribution in [3.05, 3.63) is 0 Å². The van der Waals surface area contributed by atoms with Crippen LogP contribution < -0.4 is 4.90 Å². The molecular formula is C10H20Br2NO2+. The van der Waals surface area contributed by atoms with E-state index in [-0.39, 0.29) is 5.97 Å². The zero-order valence-electron chi connectivity index (χ0n) is 9.72. The molecule has 5 heteroatoms. The molecule has 0 radical (unpaired) electrons. The van der Waals surface area contributed by atoms with Crippen LogP contribution in [0.2, 0.25) is 0 Å². The molecule has 90 valence electrons. The number of esters is 1. The van der Waals surface area contributed by atoms with E-state index in [1.165, 1.54) is 4.90 Å². The van der Waals surface area contributed by atoms with Gasteiger partial charge in [-0.05, 0) is 27.7 Å². The van der Waals surface area contributed by atoms with Gasteiger partial charge in [-0.25, -0.2) is 4.79 Å². The van der Waals surface area contributed by atoms with Crippen molar-refractivity contribution in [3.8, 4) is 0 Å². The summed E-state index contributed by atoms with van der Waals surface area (Å²) in [5.41, 5.74) is 0. The first-order valence-corrected chi connectivity index (χ1v) is 6.99. The minimum absolute atomic E-state index is 0.262. The van der Waals surface area contributed by atoms with Crippen LogP contribution in [0.3, 0.4) is 0 Å². The molecule has 1 N–H and O–H groups in total. The number of hydrogen-bond donors (Lipinski definition) is 1. The summed E-state index contributed by atoms with van der Waals surface area (Å²) in [6.07, 6.45) is 0. The molecule has 0 unspecified atom stereocenters. The quantitative estimate of drug-likeness (QED) is 0.582. The standard InChI is InChI=1S/C10H19Br2NO2/c1-7(2)13(8(3)4)5-6-15-10(14)9(11)12/h7-9H,5-6H2,1-4H3/p+1. The highest BCUT2D eigenvalue weighted by Crippen LogP contribution is 2.08. The Balaban J connectivity index is 3.87. The molecule has 0 aliphatic heterocycles. The normalized spacial score (nSPS) is 11.9. The molecule has 0 aromatic carbocycles. The molecule has 3 nitrogen and oxygen atoms in total. The number of ether oxygens (including phenoxy) is 1.